The number of carbonyl (C=O) groups excluding carboxylic acids is 2. The van der Waals surface area contributed by atoms with Crippen molar-refractivity contribution in [2.75, 3.05) is 52.6 Å². The fourth-order valence-electron chi connectivity index (χ4n) is 2.64. The average Bonchev–Trinajstić information content (AvgIpc) is 3.54. The van der Waals surface area contributed by atoms with Crippen LogP contribution in [-0.4, -0.2) is 88.0 Å². The van der Waals surface area contributed by atoms with Gasteiger partial charge in [-0.25, -0.2) is 15.9 Å². The van der Waals surface area contributed by atoms with E-state index >= 15 is 0 Å². The van der Waals surface area contributed by atoms with E-state index in [1.54, 1.807) is 6.92 Å². The Hall–Kier alpha value is -1.10. The molecule has 0 aliphatic carbocycles. The van der Waals surface area contributed by atoms with E-state index in [0.717, 1.165) is 19.0 Å². The first-order valence-corrected chi connectivity index (χ1v) is 9.54. The Morgan fingerprint density at radius 1 is 0.688 bits per heavy atom. The van der Waals surface area contributed by atoms with Gasteiger partial charge in [-0.05, 0) is 0 Å². The minimum Gasteiger partial charge on any atom is -0.508 e. The Bertz CT molecular complexity index is 726. The van der Waals surface area contributed by atoms with Crippen LogP contribution in [-0.2, 0) is 94.0 Å². The van der Waals surface area contributed by atoms with Gasteiger partial charge in [-0.15, -0.1) is 6.17 Å². The van der Waals surface area contributed by atoms with E-state index in [1.807, 2.05) is 6.92 Å². The maximum Gasteiger partial charge on any atom is 0.279 e. The van der Waals surface area contributed by atoms with E-state index in [2.05, 4.69) is 30.6 Å². The summed E-state index contributed by atoms with van der Waals surface area (Å²) in [6.07, 6.45) is 0.265. The van der Waals surface area contributed by atoms with E-state index in [0.29, 0.717) is 51.3 Å². The number of nitrogens with one attached hydrogen (secondary N) is 2. The molecule has 0 bridgehead atoms. The van der Waals surface area contributed by atoms with Crippen LogP contribution in [0.2, 0.25) is 0 Å². The number of hydrogen-bond acceptors (Lipinski definition) is 10. The summed E-state index contributed by atoms with van der Waals surface area (Å²) in [4.78, 5) is 39.2. The van der Waals surface area contributed by atoms with Crippen LogP contribution in [0.3, 0.4) is 0 Å². The molecular weight excluding hydrogens is 574 g/mol. The SMILES string of the molecule is C[C-](C1=NCCO1)C1=NCCO1.C[C-](NC(=O)C1=NCCO1)NC(=O)C1=NCCO1.[Y].[Y]. The van der Waals surface area contributed by atoms with Gasteiger partial charge in [0.05, 0.1) is 38.0 Å². The molecule has 170 valence electrons. The molecule has 0 saturated carbocycles. The molecule has 0 aromatic heterocycles. The maximum absolute atomic E-state index is 11.6. The number of ether oxygens (including phenoxy) is 4. The summed E-state index contributed by atoms with van der Waals surface area (Å²) in [5.74, 6) is 1.38. The van der Waals surface area contributed by atoms with E-state index in [9.17, 15) is 9.59 Å². The number of amides is 2. The summed E-state index contributed by atoms with van der Waals surface area (Å²) in [5.41, 5.74) is 0. The van der Waals surface area contributed by atoms with Gasteiger partial charge in [0.2, 0.25) is 0 Å². The van der Waals surface area contributed by atoms with E-state index in [-0.39, 0.29) is 83.4 Å². The van der Waals surface area contributed by atoms with Crippen molar-refractivity contribution in [2.24, 2.45) is 20.0 Å². The van der Waals surface area contributed by atoms with Crippen LogP contribution in [0.25, 0.3) is 0 Å². The molecule has 0 fully saturated rings. The molecular formula is C18H24N6O6Y2-2. The summed E-state index contributed by atoms with van der Waals surface area (Å²) in [6.45, 7) is 8.07. The van der Waals surface area contributed by atoms with Crippen molar-refractivity contribution in [3.8, 4) is 0 Å². The Morgan fingerprint density at radius 2 is 1.06 bits per heavy atom. The first-order valence-electron chi connectivity index (χ1n) is 9.54. The van der Waals surface area contributed by atoms with E-state index in [1.165, 1.54) is 0 Å². The predicted octanol–water partition coefficient (Wildman–Crippen LogP) is -0.981. The molecule has 0 unspecified atom stereocenters. The first-order chi connectivity index (χ1) is 14.5. The summed E-state index contributed by atoms with van der Waals surface area (Å²) in [6, 6.07) is 0. The average molecular weight is 598 g/mol. The smallest absolute Gasteiger partial charge is 0.279 e. The number of hydrogen-bond donors (Lipinski definition) is 2. The quantitative estimate of drug-likeness (QED) is 0.377. The number of carbonyl (C=O) groups is 2. The molecule has 12 nitrogen and oxygen atoms in total. The molecule has 4 heterocycles. The van der Waals surface area contributed by atoms with Gasteiger partial charge in [0.25, 0.3) is 23.6 Å². The van der Waals surface area contributed by atoms with E-state index < -0.39 is 11.8 Å². The Kier molecular flexibility index (Phi) is 13.5. The summed E-state index contributed by atoms with van der Waals surface area (Å²) >= 11 is 0. The van der Waals surface area contributed by atoms with Crippen molar-refractivity contribution < 1.29 is 94.0 Å². The van der Waals surface area contributed by atoms with Crippen LogP contribution in [0.4, 0.5) is 0 Å². The molecule has 14 heteroatoms. The molecule has 4 aliphatic rings. The number of nitrogens with zero attached hydrogens (tertiary/aromatic N) is 4. The molecule has 0 spiro atoms. The third-order valence-electron chi connectivity index (χ3n) is 3.97. The van der Waals surface area contributed by atoms with Gasteiger partial charge < -0.3 is 29.6 Å². The second kappa shape index (κ2) is 14.9. The Balaban J connectivity index is 0.000000321. The monoisotopic (exact) mass is 598 g/mol. The Morgan fingerprint density at radius 3 is 1.38 bits per heavy atom. The topological polar surface area (TPSA) is 145 Å². The molecule has 4 aliphatic heterocycles. The summed E-state index contributed by atoms with van der Waals surface area (Å²) in [5, 5.41) is 4.91. The zero-order chi connectivity index (χ0) is 21.3. The van der Waals surface area contributed by atoms with Gasteiger partial charge in [-0.2, -0.15) is 13.8 Å². The van der Waals surface area contributed by atoms with Crippen LogP contribution < -0.4 is 10.6 Å². The summed E-state index contributed by atoms with van der Waals surface area (Å²) < 4.78 is 20.5. The molecule has 4 rings (SSSR count). The first kappa shape index (κ1) is 28.9. The number of aliphatic imine (C=N–C) groups is 4. The van der Waals surface area contributed by atoms with Crippen molar-refractivity contribution in [3.63, 3.8) is 0 Å². The van der Waals surface area contributed by atoms with Crippen LogP contribution in [0.5, 0.6) is 0 Å². The Labute approximate surface area is 236 Å². The van der Waals surface area contributed by atoms with E-state index in [4.69, 9.17) is 18.9 Å². The molecule has 2 amide bonds. The van der Waals surface area contributed by atoms with Crippen LogP contribution in [0.15, 0.2) is 20.0 Å². The van der Waals surface area contributed by atoms with Crippen molar-refractivity contribution in [2.45, 2.75) is 13.8 Å². The third kappa shape index (κ3) is 8.68. The molecule has 32 heavy (non-hydrogen) atoms. The van der Waals surface area contributed by atoms with Crippen LogP contribution in [0.1, 0.15) is 13.8 Å². The largest absolute Gasteiger partial charge is 0.508 e. The normalized spacial score (nSPS) is 17.8. The van der Waals surface area contributed by atoms with Crippen molar-refractivity contribution in [1.29, 1.82) is 0 Å². The molecule has 0 aromatic rings. The predicted molar refractivity (Wildman–Crippen MR) is 107 cm³/mol. The van der Waals surface area contributed by atoms with Crippen LogP contribution >= 0.6 is 0 Å². The fraction of sp³-hybridized carbons (Fsp3) is 0.556. The zero-order valence-corrected chi connectivity index (χ0v) is 23.7. The van der Waals surface area contributed by atoms with Gasteiger partial charge in [-0.1, -0.05) is 0 Å². The minimum absolute atomic E-state index is 0. The third-order valence-corrected chi connectivity index (χ3v) is 3.97. The second-order valence-electron chi connectivity index (χ2n) is 6.30. The molecule has 2 N–H and O–H groups in total. The van der Waals surface area contributed by atoms with Crippen molar-refractivity contribution in [3.05, 3.63) is 12.1 Å². The molecule has 0 atom stereocenters. The second-order valence-corrected chi connectivity index (χ2v) is 6.30. The van der Waals surface area contributed by atoms with Gasteiger partial charge >= 0.3 is 0 Å². The molecule has 0 saturated heterocycles. The summed E-state index contributed by atoms with van der Waals surface area (Å²) in [7, 11) is 0. The molecule has 2 radical (unpaired) electrons. The fourth-order valence-corrected chi connectivity index (χ4v) is 2.64. The minimum atomic E-state index is -0.487. The van der Waals surface area contributed by atoms with Gasteiger partial charge in [-0.3, -0.25) is 19.6 Å². The van der Waals surface area contributed by atoms with Gasteiger partial charge in [0, 0.05) is 65.4 Å². The van der Waals surface area contributed by atoms with Crippen LogP contribution in [0, 0.1) is 12.1 Å². The maximum atomic E-state index is 11.6. The standard InChI is InChI=1S/C10H13N4O4.C8H11N2O2.2Y/c1-6(13-7(15)9-11-2-4-17-9)14-8(16)10-12-3-5-18-10;1-6(7-9-2-4-11-7)8-10-3-5-12-8;;/h2-5H2,1H3,(H,13,15)(H,14,16);2-5H2,1H3;;/q2*-1;;. The molecule has 0 aromatic carbocycles. The van der Waals surface area contributed by atoms with Gasteiger partial charge in [0.15, 0.2) is 0 Å². The van der Waals surface area contributed by atoms with Crippen molar-refractivity contribution >= 4 is 35.4 Å². The number of rotatable bonds is 6. The van der Waals surface area contributed by atoms with Crippen molar-refractivity contribution in [1.82, 2.24) is 10.6 Å². The van der Waals surface area contributed by atoms with Gasteiger partial charge in [0.1, 0.15) is 26.4 Å². The zero-order valence-electron chi connectivity index (χ0n) is 18.0.